The summed E-state index contributed by atoms with van der Waals surface area (Å²) in [5, 5.41) is 33.8. The zero-order chi connectivity index (χ0) is 16.4. The second-order valence-corrected chi connectivity index (χ2v) is 6.80. The van der Waals surface area contributed by atoms with Crippen LogP contribution in [0.15, 0.2) is 34.1 Å². The summed E-state index contributed by atoms with van der Waals surface area (Å²) in [6.45, 7) is 2.86. The summed E-state index contributed by atoms with van der Waals surface area (Å²) in [4.78, 5) is 1.91. The number of nitrogens with one attached hydrogen (secondary N) is 1. The van der Waals surface area contributed by atoms with Gasteiger partial charge in [0.05, 0.1) is 5.69 Å². The van der Waals surface area contributed by atoms with Crippen molar-refractivity contribution < 1.29 is 15.3 Å². The maximum absolute atomic E-state index is 10.3. The molecular weight excluding hydrogens is 310 g/mol. The second-order valence-electron chi connectivity index (χ2n) is 5.75. The van der Waals surface area contributed by atoms with Crippen LogP contribution in [0.2, 0.25) is 0 Å². The summed E-state index contributed by atoms with van der Waals surface area (Å²) in [5.74, 6) is -0.940. The molecule has 23 heavy (non-hydrogen) atoms. The fraction of sp³-hybridized carbons (Fsp3) is 0.333. The lowest BCUT2D eigenvalue weighted by atomic mass is 10.0. The summed E-state index contributed by atoms with van der Waals surface area (Å²) in [7, 11) is 0. The fourth-order valence-electron chi connectivity index (χ4n) is 2.82. The number of phenols is 3. The van der Waals surface area contributed by atoms with Crippen LogP contribution in [-0.4, -0.2) is 21.9 Å². The zero-order valence-electron chi connectivity index (χ0n) is 13.1. The van der Waals surface area contributed by atoms with Gasteiger partial charge in [0.15, 0.2) is 11.5 Å². The van der Waals surface area contributed by atoms with E-state index in [1.54, 1.807) is 0 Å². The highest BCUT2D eigenvalue weighted by Gasteiger charge is 2.28. The van der Waals surface area contributed by atoms with E-state index in [1.807, 2.05) is 24.3 Å². The van der Waals surface area contributed by atoms with E-state index in [9.17, 15) is 15.3 Å². The van der Waals surface area contributed by atoms with Crippen LogP contribution in [0.3, 0.4) is 0 Å². The average molecular weight is 331 g/mol. The van der Waals surface area contributed by atoms with Gasteiger partial charge in [0.2, 0.25) is 5.75 Å². The number of unbranched alkanes of at least 4 members (excludes halogenated alkanes) is 2. The van der Waals surface area contributed by atoms with Crippen molar-refractivity contribution >= 4 is 17.4 Å². The molecule has 122 valence electrons. The van der Waals surface area contributed by atoms with Crippen molar-refractivity contribution in [3.8, 4) is 17.2 Å². The largest absolute Gasteiger partial charge is 0.504 e. The van der Waals surface area contributed by atoms with Crippen molar-refractivity contribution in [1.82, 2.24) is 0 Å². The molecule has 5 heteroatoms. The molecule has 0 saturated heterocycles. The monoisotopic (exact) mass is 331 g/mol. The standard InChI is InChI=1S/C18H21NO3S/c1-2-3-6-9-19-14-16(21)17(22)15(20)12-10-11-7-4-5-8-13(11)23-18(12)14/h4-5,7-8,19-22H,2-3,6,9-10H2,1H3. The van der Waals surface area contributed by atoms with E-state index in [2.05, 4.69) is 12.2 Å². The molecule has 1 heterocycles. The van der Waals surface area contributed by atoms with Gasteiger partial charge in [-0.15, -0.1) is 0 Å². The molecule has 0 unspecified atom stereocenters. The zero-order valence-corrected chi connectivity index (χ0v) is 13.9. The third-order valence-corrected chi connectivity index (χ3v) is 5.38. The van der Waals surface area contributed by atoms with Gasteiger partial charge in [-0.1, -0.05) is 49.7 Å². The second kappa shape index (κ2) is 6.62. The Balaban J connectivity index is 1.99. The SMILES string of the molecule is CCCCCNc1c(O)c(O)c(O)c2c1Sc1ccccc1C2. The number of fused-ring (bicyclic) bond motifs is 2. The molecule has 0 fully saturated rings. The van der Waals surface area contributed by atoms with E-state index >= 15 is 0 Å². The minimum absolute atomic E-state index is 0.224. The van der Waals surface area contributed by atoms with Crippen molar-refractivity contribution in [3.05, 3.63) is 35.4 Å². The molecule has 0 amide bonds. The summed E-state index contributed by atoms with van der Waals surface area (Å²) < 4.78 is 0. The maximum atomic E-state index is 10.3. The third-order valence-electron chi connectivity index (χ3n) is 4.11. The Morgan fingerprint density at radius 2 is 1.83 bits per heavy atom. The number of anilines is 1. The Morgan fingerprint density at radius 3 is 2.61 bits per heavy atom. The predicted molar refractivity (Wildman–Crippen MR) is 92.8 cm³/mol. The number of aromatic hydroxyl groups is 3. The van der Waals surface area contributed by atoms with Crippen LogP contribution in [0.25, 0.3) is 0 Å². The smallest absolute Gasteiger partial charge is 0.202 e. The van der Waals surface area contributed by atoms with Crippen molar-refractivity contribution in [3.63, 3.8) is 0 Å². The Labute approximate surface area is 140 Å². The van der Waals surface area contributed by atoms with Gasteiger partial charge in [-0.2, -0.15) is 0 Å². The summed E-state index contributed by atoms with van der Waals surface area (Å²) in [6.07, 6.45) is 3.76. The van der Waals surface area contributed by atoms with Crippen molar-refractivity contribution in [1.29, 1.82) is 0 Å². The van der Waals surface area contributed by atoms with Gasteiger partial charge in [-0.3, -0.25) is 0 Å². The minimum atomic E-state index is -0.443. The molecule has 2 aromatic carbocycles. The predicted octanol–water partition coefficient (Wildman–Crippen LogP) is 4.46. The minimum Gasteiger partial charge on any atom is -0.504 e. The molecule has 3 rings (SSSR count). The lowest BCUT2D eigenvalue weighted by molar-refractivity contribution is 0.364. The van der Waals surface area contributed by atoms with Crippen molar-refractivity contribution in [2.24, 2.45) is 0 Å². The van der Waals surface area contributed by atoms with Gasteiger partial charge in [-0.25, -0.2) is 0 Å². The van der Waals surface area contributed by atoms with Gasteiger partial charge in [-0.05, 0) is 18.1 Å². The molecule has 1 aliphatic rings. The first kappa shape index (κ1) is 15.9. The molecule has 4 N–H and O–H groups in total. The molecule has 0 aliphatic carbocycles. The van der Waals surface area contributed by atoms with Crippen LogP contribution in [0, 0.1) is 0 Å². The molecule has 0 radical (unpaired) electrons. The first-order valence-electron chi connectivity index (χ1n) is 7.92. The van der Waals surface area contributed by atoms with E-state index < -0.39 is 5.75 Å². The van der Waals surface area contributed by atoms with E-state index in [-0.39, 0.29) is 11.5 Å². The number of rotatable bonds is 5. The van der Waals surface area contributed by atoms with Gasteiger partial charge in [0, 0.05) is 28.3 Å². The molecule has 0 saturated carbocycles. The Bertz CT molecular complexity index is 731. The summed E-state index contributed by atoms with van der Waals surface area (Å²) in [5.41, 5.74) is 2.30. The average Bonchev–Trinajstić information content (AvgIpc) is 2.58. The Hall–Kier alpha value is -2.01. The van der Waals surface area contributed by atoms with Crippen molar-refractivity contribution in [2.45, 2.75) is 42.4 Å². The fourth-order valence-corrected chi connectivity index (χ4v) is 4.02. The molecule has 0 spiro atoms. The highest BCUT2D eigenvalue weighted by molar-refractivity contribution is 7.99. The van der Waals surface area contributed by atoms with Crippen LogP contribution < -0.4 is 5.32 Å². The highest BCUT2D eigenvalue weighted by atomic mass is 32.2. The number of phenolic OH excluding ortho intramolecular Hbond substituents is 3. The van der Waals surface area contributed by atoms with Gasteiger partial charge >= 0.3 is 0 Å². The normalized spacial score (nSPS) is 12.6. The first-order chi connectivity index (χ1) is 11.1. The van der Waals surface area contributed by atoms with Crippen LogP contribution >= 0.6 is 11.8 Å². The van der Waals surface area contributed by atoms with E-state index in [4.69, 9.17) is 0 Å². The first-order valence-corrected chi connectivity index (χ1v) is 8.74. The lowest BCUT2D eigenvalue weighted by Gasteiger charge is -2.24. The molecular formula is C18H21NO3S. The van der Waals surface area contributed by atoms with Crippen LogP contribution in [0.5, 0.6) is 17.2 Å². The molecule has 0 aromatic heterocycles. The van der Waals surface area contributed by atoms with Crippen LogP contribution in [0.4, 0.5) is 5.69 Å². The van der Waals surface area contributed by atoms with Gasteiger partial charge < -0.3 is 20.6 Å². The number of hydrogen-bond donors (Lipinski definition) is 4. The highest BCUT2D eigenvalue weighted by Crippen LogP contribution is 2.54. The van der Waals surface area contributed by atoms with Gasteiger partial charge in [0.1, 0.15) is 0 Å². The van der Waals surface area contributed by atoms with E-state index in [0.29, 0.717) is 17.7 Å². The third kappa shape index (κ3) is 2.93. The summed E-state index contributed by atoms with van der Waals surface area (Å²) >= 11 is 1.52. The Kier molecular flexibility index (Phi) is 4.57. The van der Waals surface area contributed by atoms with Gasteiger partial charge in [0.25, 0.3) is 0 Å². The van der Waals surface area contributed by atoms with E-state index in [0.717, 1.165) is 41.2 Å². The number of benzene rings is 2. The topological polar surface area (TPSA) is 72.7 Å². The van der Waals surface area contributed by atoms with Crippen LogP contribution in [0.1, 0.15) is 37.3 Å². The maximum Gasteiger partial charge on any atom is 0.202 e. The van der Waals surface area contributed by atoms with Crippen molar-refractivity contribution in [2.75, 3.05) is 11.9 Å². The lowest BCUT2D eigenvalue weighted by Crippen LogP contribution is -2.07. The molecule has 0 atom stereocenters. The van der Waals surface area contributed by atoms with E-state index in [1.165, 1.54) is 11.8 Å². The Morgan fingerprint density at radius 1 is 1.04 bits per heavy atom. The molecule has 1 aliphatic heterocycles. The number of hydrogen-bond acceptors (Lipinski definition) is 5. The molecule has 4 nitrogen and oxygen atoms in total. The quantitative estimate of drug-likeness (QED) is 0.316. The van der Waals surface area contributed by atoms with Crippen LogP contribution in [-0.2, 0) is 6.42 Å². The molecule has 0 bridgehead atoms. The molecule has 2 aromatic rings. The summed E-state index contributed by atoms with van der Waals surface area (Å²) in [6, 6.07) is 7.99.